The first-order valence-electron chi connectivity index (χ1n) is 10.1. The van der Waals surface area contributed by atoms with Crippen molar-refractivity contribution in [1.82, 2.24) is 10.2 Å². The van der Waals surface area contributed by atoms with Crippen LogP contribution in [0.3, 0.4) is 0 Å². The molecule has 1 aromatic rings. The molecule has 0 spiro atoms. The number of aliphatic imine (C=N–C) groups is 1. The van der Waals surface area contributed by atoms with Gasteiger partial charge < -0.3 is 19.7 Å². The van der Waals surface area contributed by atoms with Gasteiger partial charge >= 0.3 is 0 Å². The topological polar surface area (TPSA) is 46.1 Å². The van der Waals surface area contributed by atoms with Crippen LogP contribution in [0.15, 0.2) is 29.3 Å². The highest BCUT2D eigenvalue weighted by Crippen LogP contribution is 2.34. The molecule has 3 rings (SSSR count). The second-order valence-electron chi connectivity index (χ2n) is 7.45. The van der Waals surface area contributed by atoms with Crippen LogP contribution >= 0.6 is 0 Å². The van der Waals surface area contributed by atoms with Crippen LogP contribution in [0.5, 0.6) is 0 Å². The molecule has 27 heavy (non-hydrogen) atoms. The van der Waals surface area contributed by atoms with Gasteiger partial charge in [-0.3, -0.25) is 4.99 Å². The van der Waals surface area contributed by atoms with Crippen LogP contribution in [0.25, 0.3) is 0 Å². The third kappa shape index (κ3) is 4.99. The van der Waals surface area contributed by atoms with E-state index in [0.717, 1.165) is 63.4 Å². The van der Waals surface area contributed by atoms with Crippen molar-refractivity contribution in [3.05, 3.63) is 35.6 Å². The van der Waals surface area contributed by atoms with Crippen LogP contribution in [-0.4, -0.2) is 63.5 Å². The minimum absolute atomic E-state index is 0.125. The van der Waals surface area contributed by atoms with Crippen LogP contribution in [0.2, 0.25) is 0 Å². The van der Waals surface area contributed by atoms with E-state index in [1.165, 1.54) is 6.07 Å². The van der Waals surface area contributed by atoms with E-state index in [-0.39, 0.29) is 11.2 Å². The minimum atomic E-state index is -0.180. The lowest BCUT2D eigenvalue weighted by molar-refractivity contribution is 0.0259. The highest BCUT2D eigenvalue weighted by Gasteiger charge is 2.35. The maximum absolute atomic E-state index is 13.9. The molecule has 5 nitrogen and oxygen atoms in total. The SMILES string of the molecule is CCOC1CCN(C(=NC)NCC2(c3cccc(F)c3)CCOCC2)CC1. The molecule has 0 bridgehead atoms. The summed E-state index contributed by atoms with van der Waals surface area (Å²) in [7, 11) is 1.83. The predicted molar refractivity (Wildman–Crippen MR) is 106 cm³/mol. The highest BCUT2D eigenvalue weighted by atomic mass is 19.1. The van der Waals surface area contributed by atoms with Crippen molar-refractivity contribution in [3.63, 3.8) is 0 Å². The van der Waals surface area contributed by atoms with Gasteiger partial charge in [-0.25, -0.2) is 4.39 Å². The van der Waals surface area contributed by atoms with Crippen molar-refractivity contribution in [2.45, 2.75) is 44.1 Å². The molecule has 0 unspecified atom stereocenters. The lowest BCUT2D eigenvalue weighted by atomic mass is 9.74. The van der Waals surface area contributed by atoms with Crippen molar-refractivity contribution >= 4 is 5.96 Å². The summed E-state index contributed by atoms with van der Waals surface area (Å²) in [6, 6.07) is 7.01. The number of nitrogens with one attached hydrogen (secondary N) is 1. The molecule has 0 radical (unpaired) electrons. The smallest absolute Gasteiger partial charge is 0.193 e. The third-order valence-corrected chi connectivity index (χ3v) is 5.83. The van der Waals surface area contributed by atoms with Gasteiger partial charge in [0.15, 0.2) is 5.96 Å². The van der Waals surface area contributed by atoms with Crippen LogP contribution < -0.4 is 5.32 Å². The summed E-state index contributed by atoms with van der Waals surface area (Å²) in [4.78, 5) is 6.79. The third-order valence-electron chi connectivity index (χ3n) is 5.83. The van der Waals surface area contributed by atoms with Crippen molar-refractivity contribution < 1.29 is 13.9 Å². The number of ether oxygens (including phenoxy) is 2. The highest BCUT2D eigenvalue weighted by molar-refractivity contribution is 5.80. The zero-order chi connectivity index (χ0) is 19.1. The molecule has 0 saturated carbocycles. The Morgan fingerprint density at radius 2 is 2.07 bits per heavy atom. The lowest BCUT2D eigenvalue weighted by Crippen LogP contribution is -2.51. The second-order valence-corrected chi connectivity index (χ2v) is 7.45. The quantitative estimate of drug-likeness (QED) is 0.633. The maximum Gasteiger partial charge on any atom is 0.193 e. The van der Waals surface area contributed by atoms with Gasteiger partial charge in [-0.15, -0.1) is 0 Å². The van der Waals surface area contributed by atoms with Crippen LogP contribution in [0, 0.1) is 5.82 Å². The van der Waals surface area contributed by atoms with Crippen molar-refractivity contribution in [2.24, 2.45) is 4.99 Å². The van der Waals surface area contributed by atoms with Gasteiger partial charge in [0.1, 0.15) is 5.82 Å². The molecular formula is C21H32FN3O2. The van der Waals surface area contributed by atoms with Gasteiger partial charge in [0.25, 0.3) is 0 Å². The van der Waals surface area contributed by atoms with Gasteiger partial charge in [0, 0.05) is 51.9 Å². The monoisotopic (exact) mass is 377 g/mol. The molecule has 1 aromatic carbocycles. The summed E-state index contributed by atoms with van der Waals surface area (Å²) < 4.78 is 25.2. The summed E-state index contributed by atoms with van der Waals surface area (Å²) in [5, 5.41) is 3.57. The van der Waals surface area contributed by atoms with Crippen molar-refractivity contribution in [1.29, 1.82) is 0 Å². The number of hydrogen-bond acceptors (Lipinski definition) is 3. The Labute approximate surface area is 161 Å². The largest absolute Gasteiger partial charge is 0.381 e. The number of benzene rings is 1. The average molecular weight is 378 g/mol. The van der Waals surface area contributed by atoms with Crippen molar-refractivity contribution in [2.75, 3.05) is 46.5 Å². The molecule has 0 amide bonds. The summed E-state index contributed by atoms with van der Waals surface area (Å²) in [6.07, 6.45) is 4.17. The van der Waals surface area contributed by atoms with E-state index >= 15 is 0 Å². The Bertz CT molecular complexity index is 624. The molecule has 6 heteroatoms. The van der Waals surface area contributed by atoms with Gasteiger partial charge in [-0.05, 0) is 50.3 Å². The summed E-state index contributed by atoms with van der Waals surface area (Å²) >= 11 is 0. The normalized spacial score (nSPS) is 21.3. The molecule has 2 aliphatic rings. The van der Waals surface area contributed by atoms with E-state index in [9.17, 15) is 4.39 Å². The summed E-state index contributed by atoms with van der Waals surface area (Å²) in [5.41, 5.74) is 0.920. The molecule has 2 saturated heterocycles. The van der Waals surface area contributed by atoms with Gasteiger partial charge in [-0.1, -0.05) is 12.1 Å². The van der Waals surface area contributed by atoms with E-state index < -0.39 is 0 Å². The first kappa shape index (κ1) is 20.1. The van der Waals surface area contributed by atoms with Gasteiger partial charge in [-0.2, -0.15) is 0 Å². The Kier molecular flexibility index (Phi) is 7.07. The Balaban J connectivity index is 1.66. The summed E-state index contributed by atoms with van der Waals surface area (Å²) in [6.45, 7) is 6.86. The number of likely N-dealkylation sites (tertiary alicyclic amines) is 1. The standard InChI is InChI=1S/C21H32FN3O2/c1-3-27-19-7-11-25(12-8-19)20(23-2)24-16-21(9-13-26-14-10-21)17-5-4-6-18(22)15-17/h4-6,15,19H,3,7-14,16H2,1-2H3,(H,23,24). The lowest BCUT2D eigenvalue weighted by Gasteiger charge is -2.40. The van der Waals surface area contributed by atoms with Gasteiger partial charge in [0.05, 0.1) is 6.10 Å². The molecule has 2 aliphatic heterocycles. The van der Waals surface area contributed by atoms with Crippen LogP contribution in [-0.2, 0) is 14.9 Å². The number of nitrogens with zero attached hydrogens (tertiary/aromatic N) is 2. The Hall–Kier alpha value is -1.66. The molecule has 2 fully saturated rings. The fraction of sp³-hybridized carbons (Fsp3) is 0.667. The molecular weight excluding hydrogens is 345 g/mol. The Morgan fingerprint density at radius 1 is 1.33 bits per heavy atom. The zero-order valence-corrected chi connectivity index (χ0v) is 16.5. The number of halogens is 1. The van der Waals surface area contributed by atoms with Crippen LogP contribution in [0.1, 0.15) is 38.2 Å². The zero-order valence-electron chi connectivity index (χ0n) is 16.5. The molecule has 0 aliphatic carbocycles. The minimum Gasteiger partial charge on any atom is -0.381 e. The number of rotatable bonds is 5. The fourth-order valence-electron chi connectivity index (χ4n) is 4.20. The predicted octanol–water partition coefficient (Wildman–Crippen LogP) is 2.95. The Morgan fingerprint density at radius 3 is 2.70 bits per heavy atom. The average Bonchev–Trinajstić information content (AvgIpc) is 2.70. The number of piperidine rings is 1. The molecule has 1 N–H and O–H groups in total. The fourth-order valence-corrected chi connectivity index (χ4v) is 4.20. The van der Waals surface area contributed by atoms with E-state index in [0.29, 0.717) is 19.3 Å². The van der Waals surface area contributed by atoms with E-state index in [1.807, 2.05) is 20.0 Å². The maximum atomic E-state index is 13.9. The first-order valence-corrected chi connectivity index (χ1v) is 10.1. The molecule has 0 aromatic heterocycles. The summed E-state index contributed by atoms with van der Waals surface area (Å²) in [5.74, 6) is 0.743. The first-order chi connectivity index (χ1) is 13.2. The van der Waals surface area contributed by atoms with E-state index in [2.05, 4.69) is 15.2 Å². The van der Waals surface area contributed by atoms with E-state index in [1.54, 1.807) is 12.1 Å². The second kappa shape index (κ2) is 9.51. The van der Waals surface area contributed by atoms with Crippen molar-refractivity contribution in [3.8, 4) is 0 Å². The van der Waals surface area contributed by atoms with Gasteiger partial charge in [0.2, 0.25) is 0 Å². The molecule has 2 heterocycles. The van der Waals surface area contributed by atoms with E-state index in [4.69, 9.17) is 9.47 Å². The molecule has 150 valence electrons. The number of hydrogen-bond donors (Lipinski definition) is 1. The number of guanidine groups is 1. The molecule has 0 atom stereocenters. The van der Waals surface area contributed by atoms with Crippen LogP contribution in [0.4, 0.5) is 4.39 Å².